The molecule has 1 unspecified atom stereocenters. The second-order valence-electron chi connectivity index (χ2n) is 4.05. The summed E-state index contributed by atoms with van der Waals surface area (Å²) in [4.78, 5) is 0. The summed E-state index contributed by atoms with van der Waals surface area (Å²) in [5.41, 5.74) is -0.116. The van der Waals surface area contributed by atoms with Crippen molar-refractivity contribution in [2.24, 2.45) is 0 Å². The smallest absolute Gasteiger partial charge is 0.140 e. The van der Waals surface area contributed by atoms with Crippen LogP contribution >= 0.6 is 0 Å². The average molecular weight is 251 g/mol. The Labute approximate surface area is 105 Å². The van der Waals surface area contributed by atoms with E-state index in [1.54, 1.807) is 12.1 Å². The van der Waals surface area contributed by atoms with E-state index in [0.717, 1.165) is 6.42 Å². The Bertz CT molecular complexity index is 512. The van der Waals surface area contributed by atoms with Gasteiger partial charge in [0.05, 0.1) is 11.6 Å². The highest BCUT2D eigenvalue weighted by Crippen LogP contribution is 2.30. The lowest BCUT2D eigenvalue weighted by atomic mass is 10.1. The molecule has 2 aromatic rings. The maximum Gasteiger partial charge on any atom is 0.140 e. The summed E-state index contributed by atoms with van der Waals surface area (Å²) in [6.07, 6.45) is 0.837. The van der Waals surface area contributed by atoms with E-state index in [1.807, 2.05) is 14.0 Å². The molecule has 0 spiro atoms. The minimum Gasteiger partial charge on any atom is -0.459 e. The predicted octanol–water partition coefficient (Wildman–Crippen LogP) is 3.90. The van der Waals surface area contributed by atoms with Gasteiger partial charge in [-0.1, -0.05) is 13.0 Å². The fourth-order valence-electron chi connectivity index (χ4n) is 1.96. The molecule has 18 heavy (non-hydrogen) atoms. The molecule has 0 saturated heterocycles. The second-order valence-corrected chi connectivity index (χ2v) is 4.05. The molecule has 4 heteroatoms. The molecule has 2 nitrogen and oxygen atoms in total. The molecule has 2 rings (SSSR count). The van der Waals surface area contributed by atoms with Crippen LogP contribution in [0.4, 0.5) is 8.78 Å². The zero-order valence-corrected chi connectivity index (χ0v) is 10.3. The largest absolute Gasteiger partial charge is 0.459 e. The van der Waals surface area contributed by atoms with E-state index in [9.17, 15) is 8.78 Å². The summed E-state index contributed by atoms with van der Waals surface area (Å²) >= 11 is 0. The number of halogens is 2. The topological polar surface area (TPSA) is 25.2 Å². The molecule has 96 valence electrons. The number of furan rings is 1. The van der Waals surface area contributed by atoms with E-state index in [1.165, 1.54) is 18.2 Å². The van der Waals surface area contributed by atoms with Crippen molar-refractivity contribution < 1.29 is 13.2 Å². The van der Waals surface area contributed by atoms with E-state index in [2.05, 4.69) is 5.32 Å². The first-order valence-corrected chi connectivity index (χ1v) is 5.88. The van der Waals surface area contributed by atoms with Crippen LogP contribution in [0.2, 0.25) is 0 Å². The molecule has 0 fully saturated rings. The number of nitrogens with one attached hydrogen (secondary N) is 1. The van der Waals surface area contributed by atoms with Crippen molar-refractivity contribution in [1.82, 2.24) is 5.32 Å². The van der Waals surface area contributed by atoms with E-state index in [0.29, 0.717) is 5.76 Å². The first kappa shape index (κ1) is 12.8. The van der Waals surface area contributed by atoms with E-state index < -0.39 is 11.6 Å². The van der Waals surface area contributed by atoms with Crippen LogP contribution in [-0.2, 0) is 0 Å². The summed E-state index contributed by atoms with van der Waals surface area (Å²) in [6.45, 7) is 2.01. The monoisotopic (exact) mass is 251 g/mol. The van der Waals surface area contributed by atoms with Gasteiger partial charge in [0.2, 0.25) is 0 Å². The zero-order valence-electron chi connectivity index (χ0n) is 10.3. The summed E-state index contributed by atoms with van der Waals surface area (Å²) in [6, 6.07) is 7.16. The van der Waals surface area contributed by atoms with Crippen molar-refractivity contribution in [1.29, 1.82) is 0 Å². The molecule has 0 aliphatic carbocycles. The number of hydrogen-bond donors (Lipinski definition) is 1. The minimum atomic E-state index is -0.617. The third-order valence-corrected chi connectivity index (χ3v) is 2.94. The molecular formula is C14H15F2NO. The van der Waals surface area contributed by atoms with Gasteiger partial charge in [-0.05, 0) is 37.7 Å². The van der Waals surface area contributed by atoms with Crippen molar-refractivity contribution in [2.45, 2.75) is 19.4 Å². The molecule has 1 aromatic heterocycles. The Morgan fingerprint density at radius 3 is 2.39 bits per heavy atom. The van der Waals surface area contributed by atoms with Gasteiger partial charge < -0.3 is 9.73 Å². The quantitative estimate of drug-likeness (QED) is 0.891. The lowest BCUT2D eigenvalue weighted by Crippen LogP contribution is -2.14. The van der Waals surface area contributed by atoms with Crippen LogP contribution in [-0.4, -0.2) is 7.05 Å². The molecule has 1 atom stereocenters. The number of hydrogen-bond acceptors (Lipinski definition) is 2. The Kier molecular flexibility index (Phi) is 3.77. The van der Waals surface area contributed by atoms with Crippen LogP contribution in [0.15, 0.2) is 34.7 Å². The van der Waals surface area contributed by atoms with Crippen LogP contribution in [0.3, 0.4) is 0 Å². The van der Waals surface area contributed by atoms with E-state index >= 15 is 0 Å². The molecule has 1 N–H and O–H groups in total. The maximum absolute atomic E-state index is 13.6. The highest BCUT2D eigenvalue weighted by Gasteiger charge is 2.17. The molecule has 0 bridgehead atoms. The first-order valence-electron chi connectivity index (χ1n) is 5.88. The van der Waals surface area contributed by atoms with Gasteiger partial charge in [0, 0.05) is 0 Å². The first-order chi connectivity index (χ1) is 8.67. The molecule has 0 aliphatic rings. The standard InChI is InChI=1S/C14H15F2NO/c1-3-11(17-2)12-7-8-13(18-12)14-9(15)5-4-6-10(14)16/h4-8,11,17H,3H2,1-2H3. The second kappa shape index (κ2) is 5.31. The molecule has 1 aromatic carbocycles. The fraction of sp³-hybridized carbons (Fsp3) is 0.286. The fourth-order valence-corrected chi connectivity index (χ4v) is 1.96. The number of rotatable bonds is 4. The van der Waals surface area contributed by atoms with Crippen molar-refractivity contribution in [2.75, 3.05) is 7.05 Å². The molecular weight excluding hydrogens is 236 g/mol. The van der Waals surface area contributed by atoms with Crippen LogP contribution < -0.4 is 5.32 Å². The molecule has 0 aliphatic heterocycles. The summed E-state index contributed by atoms with van der Waals surface area (Å²) in [7, 11) is 1.82. The Balaban J connectivity index is 2.41. The third kappa shape index (κ3) is 2.29. The van der Waals surface area contributed by atoms with Gasteiger partial charge in [-0.25, -0.2) is 8.78 Å². The van der Waals surface area contributed by atoms with E-state index in [4.69, 9.17) is 4.42 Å². The average Bonchev–Trinajstić information content (AvgIpc) is 2.80. The van der Waals surface area contributed by atoms with Gasteiger partial charge >= 0.3 is 0 Å². The van der Waals surface area contributed by atoms with Crippen LogP contribution in [0, 0.1) is 11.6 Å². The third-order valence-electron chi connectivity index (χ3n) is 2.94. The highest BCUT2D eigenvalue weighted by molar-refractivity contribution is 5.59. The van der Waals surface area contributed by atoms with E-state index in [-0.39, 0.29) is 17.4 Å². The van der Waals surface area contributed by atoms with Crippen LogP contribution in [0.25, 0.3) is 11.3 Å². The van der Waals surface area contributed by atoms with Gasteiger partial charge in [0.1, 0.15) is 23.2 Å². The maximum atomic E-state index is 13.6. The van der Waals surface area contributed by atoms with Gasteiger partial charge in [-0.3, -0.25) is 0 Å². The molecule has 0 amide bonds. The molecule has 0 radical (unpaired) electrons. The summed E-state index contributed by atoms with van der Waals surface area (Å²) in [5, 5.41) is 3.08. The SMILES string of the molecule is CCC(NC)c1ccc(-c2c(F)cccc2F)o1. The van der Waals surface area contributed by atoms with Crippen LogP contribution in [0.5, 0.6) is 0 Å². The Hall–Kier alpha value is -1.68. The van der Waals surface area contributed by atoms with Crippen molar-refractivity contribution in [3.63, 3.8) is 0 Å². The number of benzene rings is 1. The Morgan fingerprint density at radius 2 is 1.83 bits per heavy atom. The Morgan fingerprint density at radius 1 is 1.17 bits per heavy atom. The van der Waals surface area contributed by atoms with Gasteiger partial charge in [-0.2, -0.15) is 0 Å². The van der Waals surface area contributed by atoms with Crippen molar-refractivity contribution >= 4 is 0 Å². The predicted molar refractivity (Wildman–Crippen MR) is 66.2 cm³/mol. The molecule has 1 heterocycles. The summed E-state index contributed by atoms with van der Waals surface area (Å²) in [5.74, 6) is -0.339. The lowest BCUT2D eigenvalue weighted by Gasteiger charge is -2.10. The highest BCUT2D eigenvalue weighted by atomic mass is 19.1. The normalized spacial score (nSPS) is 12.7. The lowest BCUT2D eigenvalue weighted by molar-refractivity contribution is 0.428. The molecule has 0 saturated carbocycles. The summed E-state index contributed by atoms with van der Waals surface area (Å²) < 4.78 is 32.7. The van der Waals surface area contributed by atoms with Gasteiger partial charge in [-0.15, -0.1) is 0 Å². The van der Waals surface area contributed by atoms with Gasteiger partial charge in [0.15, 0.2) is 0 Å². The van der Waals surface area contributed by atoms with Crippen LogP contribution in [0.1, 0.15) is 25.1 Å². The van der Waals surface area contributed by atoms with Gasteiger partial charge in [0.25, 0.3) is 0 Å². The van der Waals surface area contributed by atoms with Crippen molar-refractivity contribution in [3.05, 3.63) is 47.7 Å². The minimum absolute atomic E-state index is 0.0496. The van der Waals surface area contributed by atoms with Crippen molar-refractivity contribution in [3.8, 4) is 11.3 Å². The zero-order chi connectivity index (χ0) is 13.1.